The van der Waals surface area contributed by atoms with Crippen LogP contribution in [0.2, 0.25) is 0 Å². The van der Waals surface area contributed by atoms with Gasteiger partial charge in [0.2, 0.25) is 0 Å². The Hall–Kier alpha value is -1.87. The lowest BCUT2D eigenvalue weighted by Gasteiger charge is -2.22. The summed E-state index contributed by atoms with van der Waals surface area (Å²) in [5, 5.41) is 7.97. The molecule has 0 saturated carbocycles. The van der Waals surface area contributed by atoms with E-state index in [9.17, 15) is 0 Å². The smallest absolute Gasteiger partial charge is 0.198 e. The molecule has 1 atom stereocenters. The van der Waals surface area contributed by atoms with Crippen LogP contribution in [0, 0.1) is 4.77 Å². The maximum absolute atomic E-state index is 5.61. The molecule has 27 heavy (non-hydrogen) atoms. The molecule has 5 nitrogen and oxygen atoms in total. The maximum atomic E-state index is 5.61. The molecular formula is C19H21N5S3. The zero-order chi connectivity index (χ0) is 19.0. The molecule has 3 aromatic heterocycles. The SMILES string of the molecule is C[C@@H](c1nc2ccccc2s1)N(C)Cn1nc(Cc2cccs2)n(C)c1=S. The Morgan fingerprint density at radius 2 is 2.04 bits per heavy atom. The van der Waals surface area contributed by atoms with Crippen molar-refractivity contribution in [2.45, 2.75) is 26.1 Å². The van der Waals surface area contributed by atoms with E-state index >= 15 is 0 Å². The molecule has 0 aliphatic rings. The fourth-order valence-corrected chi connectivity index (χ4v) is 4.93. The minimum absolute atomic E-state index is 0.187. The van der Waals surface area contributed by atoms with Gasteiger partial charge in [-0.1, -0.05) is 18.2 Å². The third-order valence-electron chi connectivity index (χ3n) is 4.73. The molecule has 140 valence electrons. The van der Waals surface area contributed by atoms with Crippen LogP contribution in [-0.4, -0.2) is 31.3 Å². The lowest BCUT2D eigenvalue weighted by atomic mass is 10.3. The van der Waals surface area contributed by atoms with Gasteiger partial charge in [0.25, 0.3) is 0 Å². The molecule has 4 rings (SSSR count). The average molecular weight is 416 g/mol. The highest BCUT2D eigenvalue weighted by Gasteiger charge is 2.18. The van der Waals surface area contributed by atoms with Crippen LogP contribution < -0.4 is 0 Å². The second kappa shape index (κ2) is 7.63. The molecule has 0 saturated heterocycles. The third-order valence-corrected chi connectivity index (χ3v) is 7.30. The molecule has 0 fully saturated rings. The van der Waals surface area contributed by atoms with Crippen molar-refractivity contribution < 1.29 is 0 Å². The van der Waals surface area contributed by atoms with Crippen molar-refractivity contribution in [2.75, 3.05) is 7.05 Å². The number of hydrogen-bond donors (Lipinski definition) is 0. The van der Waals surface area contributed by atoms with Gasteiger partial charge in [-0.3, -0.25) is 4.90 Å². The van der Waals surface area contributed by atoms with Crippen molar-refractivity contribution in [3.05, 3.63) is 62.3 Å². The molecule has 0 aliphatic heterocycles. The summed E-state index contributed by atoms with van der Waals surface area (Å²) in [4.78, 5) is 8.31. The van der Waals surface area contributed by atoms with Crippen LogP contribution in [0.3, 0.4) is 0 Å². The summed E-state index contributed by atoms with van der Waals surface area (Å²) in [6.45, 7) is 2.81. The Bertz CT molecular complexity index is 1070. The molecule has 0 radical (unpaired) electrons. The standard InChI is InChI=1S/C19H21N5S3/c1-13(18-20-15-8-4-5-9-16(15)27-18)22(2)12-24-19(25)23(3)17(21-24)11-14-7-6-10-26-14/h4-10,13H,11-12H2,1-3H3/t13-/m0/s1. The Kier molecular flexibility index (Phi) is 5.23. The highest BCUT2D eigenvalue weighted by molar-refractivity contribution is 7.71. The summed E-state index contributed by atoms with van der Waals surface area (Å²) in [6.07, 6.45) is 0.807. The number of rotatable bonds is 6. The fourth-order valence-electron chi connectivity index (χ4n) is 2.94. The van der Waals surface area contributed by atoms with E-state index in [0.717, 1.165) is 27.5 Å². The zero-order valence-electron chi connectivity index (χ0n) is 15.5. The summed E-state index contributed by atoms with van der Waals surface area (Å²) >= 11 is 9.10. The highest BCUT2D eigenvalue weighted by atomic mass is 32.1. The van der Waals surface area contributed by atoms with Gasteiger partial charge in [-0.2, -0.15) is 5.10 Å². The van der Waals surface area contributed by atoms with Crippen molar-refractivity contribution in [3.8, 4) is 0 Å². The first-order chi connectivity index (χ1) is 13.0. The van der Waals surface area contributed by atoms with E-state index < -0.39 is 0 Å². The maximum Gasteiger partial charge on any atom is 0.198 e. The topological polar surface area (TPSA) is 38.9 Å². The first-order valence-electron chi connectivity index (χ1n) is 8.73. The number of para-hydroxylation sites is 1. The lowest BCUT2D eigenvalue weighted by molar-refractivity contribution is 0.194. The molecule has 3 heterocycles. The Morgan fingerprint density at radius 3 is 2.78 bits per heavy atom. The fraction of sp³-hybridized carbons (Fsp3) is 0.316. The molecule has 8 heteroatoms. The van der Waals surface area contributed by atoms with E-state index in [-0.39, 0.29) is 6.04 Å². The van der Waals surface area contributed by atoms with Crippen molar-refractivity contribution in [1.29, 1.82) is 0 Å². The van der Waals surface area contributed by atoms with E-state index in [4.69, 9.17) is 22.3 Å². The first kappa shape index (κ1) is 18.5. The van der Waals surface area contributed by atoms with Gasteiger partial charge in [0.15, 0.2) is 4.77 Å². The van der Waals surface area contributed by atoms with Crippen LogP contribution >= 0.6 is 34.9 Å². The van der Waals surface area contributed by atoms with Crippen molar-refractivity contribution in [3.63, 3.8) is 0 Å². The van der Waals surface area contributed by atoms with Gasteiger partial charge in [0.05, 0.1) is 22.9 Å². The van der Waals surface area contributed by atoms with E-state index in [2.05, 4.69) is 54.6 Å². The summed E-state index contributed by atoms with van der Waals surface area (Å²) < 4.78 is 5.87. The van der Waals surface area contributed by atoms with Gasteiger partial charge in [0.1, 0.15) is 10.8 Å². The second-order valence-corrected chi connectivity index (χ2v) is 9.07. The number of aromatic nitrogens is 4. The van der Waals surface area contributed by atoms with Crippen molar-refractivity contribution in [1.82, 2.24) is 24.2 Å². The lowest BCUT2D eigenvalue weighted by Crippen LogP contribution is -2.26. The van der Waals surface area contributed by atoms with Crippen LogP contribution in [0.5, 0.6) is 0 Å². The predicted octanol–water partition coefficient (Wildman–Crippen LogP) is 4.86. The van der Waals surface area contributed by atoms with E-state index in [1.807, 2.05) is 22.4 Å². The van der Waals surface area contributed by atoms with E-state index in [1.54, 1.807) is 22.7 Å². The molecule has 0 N–H and O–H groups in total. The zero-order valence-corrected chi connectivity index (χ0v) is 17.9. The quantitative estimate of drug-likeness (QED) is 0.422. The van der Waals surface area contributed by atoms with Crippen LogP contribution in [-0.2, 0) is 20.1 Å². The van der Waals surface area contributed by atoms with Crippen LogP contribution in [0.25, 0.3) is 10.2 Å². The second-order valence-electron chi connectivity index (χ2n) is 6.61. The van der Waals surface area contributed by atoms with Gasteiger partial charge in [-0.15, -0.1) is 22.7 Å². The van der Waals surface area contributed by atoms with Crippen LogP contribution in [0.15, 0.2) is 41.8 Å². The van der Waals surface area contributed by atoms with E-state index in [0.29, 0.717) is 6.67 Å². The molecule has 1 aromatic carbocycles. The predicted molar refractivity (Wildman–Crippen MR) is 115 cm³/mol. The Labute approximate surface area is 171 Å². The van der Waals surface area contributed by atoms with Crippen LogP contribution in [0.4, 0.5) is 0 Å². The van der Waals surface area contributed by atoms with Crippen LogP contribution in [0.1, 0.15) is 28.7 Å². The minimum Gasteiger partial charge on any atom is -0.307 e. The highest BCUT2D eigenvalue weighted by Crippen LogP contribution is 2.29. The summed E-state index contributed by atoms with van der Waals surface area (Å²) in [6, 6.07) is 12.7. The summed E-state index contributed by atoms with van der Waals surface area (Å²) in [7, 11) is 4.08. The largest absolute Gasteiger partial charge is 0.307 e. The average Bonchev–Trinajstić information content (AvgIpc) is 3.38. The minimum atomic E-state index is 0.187. The molecular weight excluding hydrogens is 394 g/mol. The van der Waals surface area contributed by atoms with Crippen molar-refractivity contribution in [2.24, 2.45) is 7.05 Å². The monoisotopic (exact) mass is 415 g/mol. The molecule has 0 amide bonds. The number of benzene rings is 1. The number of thiophene rings is 1. The summed E-state index contributed by atoms with van der Waals surface area (Å²) in [5.41, 5.74) is 1.06. The molecule has 0 unspecified atom stereocenters. The Balaban J connectivity index is 1.53. The van der Waals surface area contributed by atoms with Gasteiger partial charge in [-0.05, 0) is 49.8 Å². The molecule has 0 aliphatic carbocycles. The number of nitrogens with zero attached hydrogens (tertiary/aromatic N) is 5. The van der Waals surface area contributed by atoms with Gasteiger partial charge in [-0.25, -0.2) is 9.67 Å². The molecule has 0 spiro atoms. The molecule has 0 bridgehead atoms. The number of hydrogen-bond acceptors (Lipinski definition) is 6. The normalized spacial score (nSPS) is 12.9. The van der Waals surface area contributed by atoms with Gasteiger partial charge in [0, 0.05) is 18.3 Å². The van der Waals surface area contributed by atoms with E-state index in [1.165, 1.54) is 9.58 Å². The number of fused-ring (bicyclic) bond motifs is 1. The third kappa shape index (κ3) is 3.75. The molecule has 4 aromatic rings. The van der Waals surface area contributed by atoms with Crippen molar-refractivity contribution >= 4 is 45.1 Å². The summed E-state index contributed by atoms with van der Waals surface area (Å²) in [5.74, 6) is 0.989. The van der Waals surface area contributed by atoms with Gasteiger partial charge >= 0.3 is 0 Å². The van der Waals surface area contributed by atoms with Gasteiger partial charge < -0.3 is 4.57 Å². The Morgan fingerprint density at radius 1 is 1.22 bits per heavy atom. The first-order valence-corrected chi connectivity index (χ1v) is 10.8. The number of thiazole rings is 1.